The highest BCUT2D eigenvalue weighted by Crippen LogP contribution is 2.29. The summed E-state index contributed by atoms with van der Waals surface area (Å²) in [7, 11) is 0. The first kappa shape index (κ1) is 16.6. The number of carbonyl (C=O) groups is 3. The number of hydrogen-bond acceptors (Lipinski definition) is 4. The van der Waals surface area contributed by atoms with Gasteiger partial charge in [0, 0.05) is 11.9 Å². The maximum absolute atomic E-state index is 13.4. The molecule has 0 bridgehead atoms. The average molecular weight is 361 g/mol. The van der Waals surface area contributed by atoms with Crippen LogP contribution in [-0.4, -0.2) is 22.7 Å². The molecule has 3 amide bonds. The maximum atomic E-state index is 13.4. The number of aromatic nitrogens is 1. The van der Waals surface area contributed by atoms with Gasteiger partial charge in [0.25, 0.3) is 17.7 Å². The van der Waals surface area contributed by atoms with Crippen molar-refractivity contribution in [1.29, 1.82) is 0 Å². The number of rotatable bonds is 3. The molecule has 1 aromatic heterocycles. The summed E-state index contributed by atoms with van der Waals surface area (Å²) in [5.74, 6) is -2.05. The zero-order valence-corrected chi connectivity index (χ0v) is 13.8. The molecule has 0 fully saturated rings. The second-order valence-corrected chi connectivity index (χ2v) is 5.85. The van der Waals surface area contributed by atoms with Crippen LogP contribution in [0.15, 0.2) is 66.9 Å². The summed E-state index contributed by atoms with van der Waals surface area (Å²) >= 11 is 0. The van der Waals surface area contributed by atoms with Gasteiger partial charge < -0.3 is 5.32 Å². The number of fused-ring (bicyclic) bond motifs is 1. The number of nitrogens with one attached hydrogen (secondary N) is 1. The molecule has 2 heterocycles. The van der Waals surface area contributed by atoms with E-state index in [0.717, 1.165) is 17.0 Å². The monoisotopic (exact) mass is 361 g/mol. The smallest absolute Gasteiger partial charge is 0.274 e. The second-order valence-electron chi connectivity index (χ2n) is 5.85. The van der Waals surface area contributed by atoms with Crippen molar-refractivity contribution < 1.29 is 18.8 Å². The van der Waals surface area contributed by atoms with Crippen molar-refractivity contribution in [1.82, 2.24) is 4.98 Å². The lowest BCUT2D eigenvalue weighted by Gasteiger charge is -2.14. The molecule has 0 aliphatic carbocycles. The highest BCUT2D eigenvalue weighted by atomic mass is 19.1. The summed E-state index contributed by atoms with van der Waals surface area (Å²) in [5.41, 5.74) is 1.28. The lowest BCUT2D eigenvalue weighted by molar-refractivity contribution is 0.0924. The molecule has 6 nitrogen and oxygen atoms in total. The molecule has 4 rings (SSSR count). The van der Waals surface area contributed by atoms with Crippen LogP contribution in [0.3, 0.4) is 0 Å². The quantitative estimate of drug-likeness (QED) is 0.726. The molecule has 132 valence electrons. The largest absolute Gasteiger partial charge is 0.321 e. The third-order valence-electron chi connectivity index (χ3n) is 4.13. The highest BCUT2D eigenvalue weighted by molar-refractivity contribution is 6.34. The van der Waals surface area contributed by atoms with Crippen LogP contribution in [0.25, 0.3) is 0 Å². The molecule has 27 heavy (non-hydrogen) atoms. The Bertz CT molecular complexity index is 1070. The molecule has 0 saturated heterocycles. The number of carbonyl (C=O) groups excluding carboxylic acids is 3. The van der Waals surface area contributed by atoms with Crippen LogP contribution >= 0.6 is 0 Å². The van der Waals surface area contributed by atoms with Crippen LogP contribution in [0, 0.1) is 5.82 Å². The van der Waals surface area contributed by atoms with Gasteiger partial charge in [0.05, 0.1) is 16.8 Å². The Labute approximate surface area is 153 Å². The molecule has 1 N–H and O–H groups in total. The highest BCUT2D eigenvalue weighted by Gasteiger charge is 2.36. The van der Waals surface area contributed by atoms with Crippen molar-refractivity contribution in [2.24, 2.45) is 0 Å². The van der Waals surface area contributed by atoms with E-state index in [0.29, 0.717) is 11.4 Å². The van der Waals surface area contributed by atoms with Crippen LogP contribution in [0.1, 0.15) is 31.2 Å². The number of hydrogen-bond donors (Lipinski definition) is 1. The molecular weight excluding hydrogens is 349 g/mol. The van der Waals surface area contributed by atoms with Crippen molar-refractivity contribution in [3.05, 3.63) is 89.5 Å². The minimum absolute atomic E-state index is 0.0348. The second kappa shape index (κ2) is 6.45. The van der Waals surface area contributed by atoms with Gasteiger partial charge in [-0.1, -0.05) is 6.07 Å². The van der Waals surface area contributed by atoms with E-state index < -0.39 is 17.6 Å². The predicted octanol–water partition coefficient (Wildman–Crippen LogP) is 3.27. The summed E-state index contributed by atoms with van der Waals surface area (Å²) < 4.78 is 13.4. The van der Waals surface area contributed by atoms with Gasteiger partial charge in [0.1, 0.15) is 11.5 Å². The van der Waals surface area contributed by atoms with E-state index in [-0.39, 0.29) is 22.7 Å². The number of halogens is 1. The van der Waals surface area contributed by atoms with Crippen LogP contribution in [0.4, 0.5) is 15.8 Å². The number of imide groups is 1. The first-order valence-electron chi connectivity index (χ1n) is 8.05. The SMILES string of the molecule is O=C(Nc1ccc(N2C(=O)c3ccc(F)cc3C2=O)cc1)c1ccccn1. The molecule has 0 atom stereocenters. The molecule has 1 aliphatic rings. The fourth-order valence-corrected chi connectivity index (χ4v) is 2.83. The standard InChI is InChI=1S/C20H12FN3O3/c21-12-4-9-15-16(11-12)20(27)24(19(15)26)14-7-5-13(6-8-14)23-18(25)17-3-1-2-10-22-17/h1-11H,(H,23,25). The van der Waals surface area contributed by atoms with E-state index >= 15 is 0 Å². The summed E-state index contributed by atoms with van der Waals surface area (Å²) in [4.78, 5) is 42.0. The van der Waals surface area contributed by atoms with Gasteiger partial charge in [-0.3, -0.25) is 19.4 Å². The zero-order valence-electron chi connectivity index (χ0n) is 13.8. The number of amides is 3. The van der Waals surface area contributed by atoms with Crippen molar-refractivity contribution in [2.45, 2.75) is 0 Å². The summed E-state index contributed by atoms with van der Waals surface area (Å²) in [5, 5.41) is 2.68. The van der Waals surface area contributed by atoms with E-state index in [1.807, 2.05) is 0 Å². The Kier molecular flexibility index (Phi) is 3.97. The molecule has 7 heteroatoms. The third-order valence-corrected chi connectivity index (χ3v) is 4.13. The van der Waals surface area contributed by atoms with Crippen molar-refractivity contribution in [3.8, 4) is 0 Å². The first-order valence-corrected chi connectivity index (χ1v) is 8.05. The minimum Gasteiger partial charge on any atom is -0.321 e. The van der Waals surface area contributed by atoms with Gasteiger partial charge in [-0.05, 0) is 54.6 Å². The maximum Gasteiger partial charge on any atom is 0.274 e. The van der Waals surface area contributed by atoms with Gasteiger partial charge >= 0.3 is 0 Å². The number of benzene rings is 2. The Balaban J connectivity index is 1.56. The number of anilines is 2. The van der Waals surface area contributed by atoms with E-state index in [4.69, 9.17) is 0 Å². The number of nitrogens with zero attached hydrogens (tertiary/aromatic N) is 2. The Morgan fingerprint density at radius 1 is 0.926 bits per heavy atom. The van der Waals surface area contributed by atoms with Gasteiger partial charge in [-0.2, -0.15) is 0 Å². The van der Waals surface area contributed by atoms with Gasteiger partial charge in [-0.15, -0.1) is 0 Å². The van der Waals surface area contributed by atoms with E-state index in [2.05, 4.69) is 10.3 Å². The van der Waals surface area contributed by atoms with Crippen molar-refractivity contribution in [2.75, 3.05) is 10.2 Å². The minimum atomic E-state index is -0.584. The molecule has 0 saturated carbocycles. The Hall–Kier alpha value is -3.87. The van der Waals surface area contributed by atoms with E-state index in [1.165, 1.54) is 24.4 Å². The molecule has 0 spiro atoms. The first-order chi connectivity index (χ1) is 13.0. The van der Waals surface area contributed by atoms with Crippen LogP contribution in [0.2, 0.25) is 0 Å². The van der Waals surface area contributed by atoms with Gasteiger partial charge in [-0.25, -0.2) is 9.29 Å². The predicted molar refractivity (Wildman–Crippen MR) is 96.2 cm³/mol. The average Bonchev–Trinajstić information content (AvgIpc) is 2.93. The molecule has 2 aromatic carbocycles. The fraction of sp³-hybridized carbons (Fsp3) is 0. The zero-order chi connectivity index (χ0) is 19.0. The Morgan fingerprint density at radius 2 is 1.67 bits per heavy atom. The molecule has 0 radical (unpaired) electrons. The van der Waals surface area contributed by atoms with Gasteiger partial charge in [0.2, 0.25) is 0 Å². The van der Waals surface area contributed by atoms with Gasteiger partial charge in [0.15, 0.2) is 0 Å². The van der Waals surface area contributed by atoms with Crippen molar-refractivity contribution >= 4 is 29.1 Å². The van der Waals surface area contributed by atoms with E-state index in [9.17, 15) is 18.8 Å². The number of pyridine rings is 1. The topological polar surface area (TPSA) is 79.4 Å². The van der Waals surface area contributed by atoms with Crippen molar-refractivity contribution in [3.63, 3.8) is 0 Å². The lowest BCUT2D eigenvalue weighted by atomic mass is 10.1. The summed E-state index contributed by atoms with van der Waals surface area (Å²) in [6.45, 7) is 0. The third kappa shape index (κ3) is 2.95. The summed E-state index contributed by atoms with van der Waals surface area (Å²) in [6, 6.07) is 14.7. The fourth-order valence-electron chi connectivity index (χ4n) is 2.83. The molecule has 3 aromatic rings. The van der Waals surface area contributed by atoms with Crippen LogP contribution in [0.5, 0.6) is 0 Å². The normalized spacial score (nSPS) is 12.9. The van der Waals surface area contributed by atoms with Crippen LogP contribution in [-0.2, 0) is 0 Å². The summed E-state index contributed by atoms with van der Waals surface area (Å²) in [6.07, 6.45) is 1.52. The van der Waals surface area contributed by atoms with Crippen LogP contribution < -0.4 is 10.2 Å². The molecular formula is C20H12FN3O3. The lowest BCUT2D eigenvalue weighted by Crippen LogP contribution is -2.29. The molecule has 0 unspecified atom stereocenters. The molecule has 1 aliphatic heterocycles. The Morgan fingerprint density at radius 3 is 2.37 bits per heavy atom. The van der Waals surface area contributed by atoms with E-state index in [1.54, 1.807) is 30.3 Å².